The predicted octanol–water partition coefficient (Wildman–Crippen LogP) is 2.49. The van der Waals surface area contributed by atoms with Gasteiger partial charge < -0.3 is 5.32 Å². The summed E-state index contributed by atoms with van der Waals surface area (Å²) in [4.78, 5) is 14.2. The smallest absolute Gasteiger partial charge is 0.234 e. The average molecular weight is 260 g/mol. The van der Waals surface area contributed by atoms with E-state index in [4.69, 9.17) is 0 Å². The quantitative estimate of drug-likeness (QED) is 0.902. The van der Waals surface area contributed by atoms with Crippen LogP contribution in [-0.4, -0.2) is 29.9 Å². The molecule has 2 rings (SSSR count). The fourth-order valence-corrected chi connectivity index (χ4v) is 2.54. The van der Waals surface area contributed by atoms with Gasteiger partial charge in [-0.2, -0.15) is 0 Å². The maximum absolute atomic E-state index is 11.9. The Kier molecular flexibility index (Phi) is 4.97. The van der Waals surface area contributed by atoms with Gasteiger partial charge in [0.2, 0.25) is 5.91 Å². The van der Waals surface area contributed by atoms with E-state index in [0.29, 0.717) is 19.1 Å². The Bertz CT molecular complexity index is 413. The van der Waals surface area contributed by atoms with Gasteiger partial charge in [0.15, 0.2) is 0 Å². The topological polar surface area (TPSA) is 32.3 Å². The first kappa shape index (κ1) is 14.1. The fraction of sp³-hybridized carbons (Fsp3) is 0.562. The van der Waals surface area contributed by atoms with Crippen LogP contribution in [0.4, 0.5) is 0 Å². The molecule has 1 heterocycles. The number of carbonyl (C=O) groups is 1. The van der Waals surface area contributed by atoms with Crippen molar-refractivity contribution in [1.29, 1.82) is 0 Å². The van der Waals surface area contributed by atoms with Crippen LogP contribution in [0.3, 0.4) is 0 Å². The minimum atomic E-state index is 0.134. The Morgan fingerprint density at radius 2 is 2.05 bits per heavy atom. The van der Waals surface area contributed by atoms with E-state index in [9.17, 15) is 4.79 Å². The Labute approximate surface area is 116 Å². The highest BCUT2D eigenvalue weighted by atomic mass is 16.2. The molecule has 104 valence electrons. The van der Waals surface area contributed by atoms with Crippen molar-refractivity contribution in [2.45, 2.75) is 45.7 Å². The molecule has 0 spiro atoms. The second kappa shape index (κ2) is 6.71. The lowest BCUT2D eigenvalue weighted by molar-refractivity contribution is -0.123. The molecule has 19 heavy (non-hydrogen) atoms. The molecule has 1 fully saturated rings. The van der Waals surface area contributed by atoms with E-state index in [2.05, 4.69) is 48.3 Å². The summed E-state index contributed by atoms with van der Waals surface area (Å²) in [7, 11) is 0. The molecule has 1 saturated heterocycles. The number of aryl methyl sites for hydroxylation is 1. The summed E-state index contributed by atoms with van der Waals surface area (Å²) < 4.78 is 0. The van der Waals surface area contributed by atoms with Gasteiger partial charge >= 0.3 is 0 Å². The first-order chi connectivity index (χ1) is 9.15. The lowest BCUT2D eigenvalue weighted by Gasteiger charge is -2.32. The maximum atomic E-state index is 11.9. The van der Waals surface area contributed by atoms with Crippen molar-refractivity contribution in [3.05, 3.63) is 35.4 Å². The molecule has 1 atom stereocenters. The molecule has 1 aromatic carbocycles. The SMILES string of the molecule is Cc1ccc(CNC(=O)CN2CCCCC2C)cc1. The minimum Gasteiger partial charge on any atom is -0.351 e. The molecule has 0 radical (unpaired) electrons. The number of nitrogens with zero attached hydrogens (tertiary/aromatic N) is 1. The number of rotatable bonds is 4. The maximum Gasteiger partial charge on any atom is 0.234 e. The van der Waals surface area contributed by atoms with Gasteiger partial charge in [0, 0.05) is 12.6 Å². The van der Waals surface area contributed by atoms with Crippen LogP contribution in [0.2, 0.25) is 0 Å². The van der Waals surface area contributed by atoms with Crippen LogP contribution in [0.15, 0.2) is 24.3 Å². The number of amides is 1. The van der Waals surface area contributed by atoms with Gasteiger partial charge in [-0.1, -0.05) is 36.2 Å². The van der Waals surface area contributed by atoms with E-state index in [-0.39, 0.29) is 5.91 Å². The molecule has 0 aromatic heterocycles. The van der Waals surface area contributed by atoms with Gasteiger partial charge in [-0.15, -0.1) is 0 Å². The van der Waals surface area contributed by atoms with E-state index in [1.54, 1.807) is 0 Å². The molecule has 1 aliphatic heterocycles. The fourth-order valence-electron chi connectivity index (χ4n) is 2.54. The molecule has 1 aromatic rings. The van der Waals surface area contributed by atoms with Crippen LogP contribution in [0.5, 0.6) is 0 Å². The number of nitrogens with one attached hydrogen (secondary N) is 1. The molecule has 3 nitrogen and oxygen atoms in total. The molecule has 0 saturated carbocycles. The van der Waals surface area contributed by atoms with Gasteiger partial charge in [0.25, 0.3) is 0 Å². The number of hydrogen-bond acceptors (Lipinski definition) is 2. The summed E-state index contributed by atoms with van der Waals surface area (Å²) in [6, 6.07) is 8.83. The summed E-state index contributed by atoms with van der Waals surface area (Å²) in [5, 5.41) is 3.01. The van der Waals surface area contributed by atoms with E-state index in [1.165, 1.54) is 24.8 Å². The van der Waals surface area contributed by atoms with Crippen molar-refractivity contribution in [2.24, 2.45) is 0 Å². The lowest BCUT2D eigenvalue weighted by Crippen LogP contribution is -2.44. The Morgan fingerprint density at radius 3 is 2.74 bits per heavy atom. The highest BCUT2D eigenvalue weighted by Crippen LogP contribution is 2.15. The molecule has 1 unspecified atom stereocenters. The normalized spacial score (nSPS) is 20.2. The van der Waals surface area contributed by atoms with Gasteiger partial charge in [-0.3, -0.25) is 9.69 Å². The van der Waals surface area contributed by atoms with E-state index >= 15 is 0 Å². The van der Waals surface area contributed by atoms with Gasteiger partial charge in [-0.25, -0.2) is 0 Å². The highest BCUT2D eigenvalue weighted by Gasteiger charge is 2.20. The van der Waals surface area contributed by atoms with Crippen LogP contribution in [0.1, 0.15) is 37.3 Å². The van der Waals surface area contributed by atoms with Gasteiger partial charge in [0.05, 0.1) is 6.54 Å². The third-order valence-corrected chi connectivity index (χ3v) is 3.90. The average Bonchev–Trinajstić information content (AvgIpc) is 2.41. The molecule has 1 amide bonds. The molecule has 0 aliphatic carbocycles. The summed E-state index contributed by atoms with van der Waals surface area (Å²) in [6.45, 7) is 6.50. The van der Waals surface area contributed by atoms with Crippen molar-refractivity contribution in [2.75, 3.05) is 13.1 Å². The van der Waals surface area contributed by atoms with Crippen molar-refractivity contribution < 1.29 is 4.79 Å². The summed E-state index contributed by atoms with van der Waals surface area (Å²) >= 11 is 0. The monoisotopic (exact) mass is 260 g/mol. The number of carbonyl (C=O) groups excluding carboxylic acids is 1. The zero-order valence-electron chi connectivity index (χ0n) is 12.0. The third kappa shape index (κ3) is 4.35. The standard InChI is InChI=1S/C16H24N2O/c1-13-6-8-15(9-7-13)11-17-16(19)12-18-10-4-3-5-14(18)2/h6-9,14H,3-5,10-12H2,1-2H3,(H,17,19). The molecule has 1 aliphatic rings. The van der Waals surface area contributed by atoms with Crippen LogP contribution >= 0.6 is 0 Å². The van der Waals surface area contributed by atoms with E-state index < -0.39 is 0 Å². The largest absolute Gasteiger partial charge is 0.351 e. The number of hydrogen-bond donors (Lipinski definition) is 1. The van der Waals surface area contributed by atoms with E-state index in [0.717, 1.165) is 12.1 Å². The molecular weight excluding hydrogens is 236 g/mol. The van der Waals surface area contributed by atoms with Gasteiger partial charge in [-0.05, 0) is 38.8 Å². The first-order valence-electron chi connectivity index (χ1n) is 7.21. The lowest BCUT2D eigenvalue weighted by atomic mass is 10.0. The Hall–Kier alpha value is -1.35. The molecule has 3 heteroatoms. The molecule has 1 N–H and O–H groups in total. The van der Waals surface area contributed by atoms with Crippen LogP contribution in [0.25, 0.3) is 0 Å². The molecular formula is C16H24N2O. The Morgan fingerprint density at radius 1 is 1.32 bits per heavy atom. The second-order valence-electron chi connectivity index (χ2n) is 5.58. The zero-order chi connectivity index (χ0) is 13.7. The van der Waals surface area contributed by atoms with Crippen LogP contribution in [-0.2, 0) is 11.3 Å². The highest BCUT2D eigenvalue weighted by molar-refractivity contribution is 5.78. The van der Waals surface area contributed by atoms with Gasteiger partial charge in [0.1, 0.15) is 0 Å². The summed E-state index contributed by atoms with van der Waals surface area (Å²) in [5.74, 6) is 0.134. The van der Waals surface area contributed by atoms with Crippen molar-refractivity contribution in [3.63, 3.8) is 0 Å². The second-order valence-corrected chi connectivity index (χ2v) is 5.58. The van der Waals surface area contributed by atoms with E-state index in [1.807, 2.05) is 0 Å². The molecule has 0 bridgehead atoms. The first-order valence-corrected chi connectivity index (χ1v) is 7.21. The van der Waals surface area contributed by atoms with Crippen LogP contribution < -0.4 is 5.32 Å². The number of likely N-dealkylation sites (tertiary alicyclic amines) is 1. The minimum absolute atomic E-state index is 0.134. The number of benzene rings is 1. The van der Waals surface area contributed by atoms with Crippen LogP contribution in [0, 0.1) is 6.92 Å². The van der Waals surface area contributed by atoms with Crippen molar-refractivity contribution in [3.8, 4) is 0 Å². The zero-order valence-corrected chi connectivity index (χ0v) is 12.0. The summed E-state index contributed by atoms with van der Waals surface area (Å²) in [6.07, 6.45) is 3.73. The summed E-state index contributed by atoms with van der Waals surface area (Å²) in [5.41, 5.74) is 2.41. The number of piperidine rings is 1. The Balaban J connectivity index is 1.76. The van der Waals surface area contributed by atoms with Crippen molar-refractivity contribution in [1.82, 2.24) is 10.2 Å². The van der Waals surface area contributed by atoms with Crippen molar-refractivity contribution >= 4 is 5.91 Å². The predicted molar refractivity (Wildman–Crippen MR) is 77.9 cm³/mol. The third-order valence-electron chi connectivity index (χ3n) is 3.90.